The zero-order valence-corrected chi connectivity index (χ0v) is 14.7. The third-order valence-corrected chi connectivity index (χ3v) is 6.28. The molecule has 1 aliphatic heterocycles. The van der Waals surface area contributed by atoms with Crippen LogP contribution in [0, 0.1) is 6.92 Å². The van der Waals surface area contributed by atoms with E-state index in [4.69, 9.17) is 4.74 Å². The molecule has 2 heterocycles. The summed E-state index contributed by atoms with van der Waals surface area (Å²) in [5, 5.41) is 6.86. The fraction of sp³-hybridized carbons (Fsp3) is 0.667. The molecule has 118 valence electrons. The van der Waals surface area contributed by atoms with Gasteiger partial charge in [-0.3, -0.25) is 4.99 Å². The lowest BCUT2D eigenvalue weighted by Crippen LogP contribution is -2.47. The smallest absolute Gasteiger partial charge is 0.191 e. The standard InChI is InChI=1S/C15H25N3OS2/c1-12-4-5-13(21-12)10-17-14(16-2)18-11-15(20-3)6-8-19-9-7-15/h4-5H,6-11H2,1-3H3,(H2,16,17,18). The second-order valence-corrected chi connectivity index (χ2v) is 7.94. The first-order chi connectivity index (χ1) is 10.2. The van der Waals surface area contributed by atoms with Crippen LogP contribution in [-0.4, -0.2) is 43.8 Å². The number of thiophene rings is 1. The van der Waals surface area contributed by atoms with Gasteiger partial charge in [-0.2, -0.15) is 11.8 Å². The van der Waals surface area contributed by atoms with Gasteiger partial charge < -0.3 is 15.4 Å². The molecule has 1 aliphatic rings. The zero-order chi connectivity index (χ0) is 15.1. The fourth-order valence-corrected chi connectivity index (χ4v) is 4.03. The molecule has 2 rings (SSSR count). The second-order valence-electron chi connectivity index (χ2n) is 5.29. The number of thioether (sulfide) groups is 1. The SMILES string of the molecule is CN=C(NCc1ccc(C)s1)NCC1(SC)CCOCC1. The van der Waals surface area contributed by atoms with E-state index >= 15 is 0 Å². The molecule has 6 heteroatoms. The second kappa shape index (κ2) is 8.06. The third kappa shape index (κ3) is 4.90. The van der Waals surface area contributed by atoms with Gasteiger partial charge in [-0.1, -0.05) is 0 Å². The molecule has 0 atom stereocenters. The van der Waals surface area contributed by atoms with Crippen LogP contribution in [0.1, 0.15) is 22.6 Å². The Balaban J connectivity index is 1.81. The summed E-state index contributed by atoms with van der Waals surface area (Å²) in [6.07, 6.45) is 4.39. The highest BCUT2D eigenvalue weighted by Crippen LogP contribution is 2.32. The van der Waals surface area contributed by atoms with Gasteiger partial charge in [-0.15, -0.1) is 11.3 Å². The van der Waals surface area contributed by atoms with E-state index in [2.05, 4.69) is 40.9 Å². The van der Waals surface area contributed by atoms with Crippen LogP contribution in [0.2, 0.25) is 0 Å². The van der Waals surface area contributed by atoms with Crippen molar-refractivity contribution in [3.63, 3.8) is 0 Å². The Morgan fingerprint density at radius 3 is 2.71 bits per heavy atom. The number of hydrogen-bond acceptors (Lipinski definition) is 4. The molecule has 0 aliphatic carbocycles. The van der Waals surface area contributed by atoms with E-state index in [0.29, 0.717) is 0 Å². The summed E-state index contributed by atoms with van der Waals surface area (Å²) in [5.41, 5.74) is 0. The van der Waals surface area contributed by atoms with Crippen LogP contribution in [0.15, 0.2) is 17.1 Å². The lowest BCUT2D eigenvalue weighted by Gasteiger charge is -2.36. The van der Waals surface area contributed by atoms with E-state index in [9.17, 15) is 0 Å². The molecule has 0 saturated carbocycles. The minimum absolute atomic E-state index is 0.273. The van der Waals surface area contributed by atoms with Crippen molar-refractivity contribution in [3.05, 3.63) is 21.9 Å². The topological polar surface area (TPSA) is 45.7 Å². The number of nitrogens with one attached hydrogen (secondary N) is 2. The molecule has 1 fully saturated rings. The van der Waals surface area contributed by atoms with E-state index < -0.39 is 0 Å². The molecule has 0 amide bonds. The maximum absolute atomic E-state index is 5.48. The monoisotopic (exact) mass is 327 g/mol. The molecular weight excluding hydrogens is 302 g/mol. The number of rotatable bonds is 5. The van der Waals surface area contributed by atoms with E-state index in [1.165, 1.54) is 9.75 Å². The molecular formula is C15H25N3OS2. The summed E-state index contributed by atoms with van der Waals surface area (Å²) < 4.78 is 5.75. The van der Waals surface area contributed by atoms with Gasteiger partial charge in [0.05, 0.1) is 6.54 Å². The highest BCUT2D eigenvalue weighted by Gasteiger charge is 2.31. The number of aryl methyl sites for hydroxylation is 1. The Kier molecular flexibility index (Phi) is 6.39. The van der Waals surface area contributed by atoms with Crippen LogP contribution in [0.25, 0.3) is 0 Å². The molecule has 1 aromatic rings. The summed E-state index contributed by atoms with van der Waals surface area (Å²) in [6, 6.07) is 4.32. The van der Waals surface area contributed by atoms with Gasteiger partial charge in [0, 0.05) is 41.3 Å². The average Bonchev–Trinajstić information content (AvgIpc) is 2.94. The lowest BCUT2D eigenvalue weighted by atomic mass is 9.99. The minimum atomic E-state index is 0.273. The van der Waals surface area contributed by atoms with Crippen LogP contribution >= 0.6 is 23.1 Å². The van der Waals surface area contributed by atoms with E-state index in [0.717, 1.165) is 45.1 Å². The molecule has 0 aromatic carbocycles. The molecule has 1 aromatic heterocycles. The Bertz CT molecular complexity index is 467. The summed E-state index contributed by atoms with van der Waals surface area (Å²) >= 11 is 3.76. The van der Waals surface area contributed by atoms with Gasteiger partial charge in [0.15, 0.2) is 5.96 Å². The molecule has 4 nitrogen and oxygen atoms in total. The van der Waals surface area contributed by atoms with Crippen molar-refractivity contribution in [3.8, 4) is 0 Å². The normalized spacial score (nSPS) is 18.5. The largest absolute Gasteiger partial charge is 0.381 e. The van der Waals surface area contributed by atoms with Crippen molar-refractivity contribution in [2.45, 2.75) is 31.1 Å². The number of nitrogens with zero attached hydrogens (tertiary/aromatic N) is 1. The number of hydrogen-bond donors (Lipinski definition) is 2. The number of aliphatic imine (C=N–C) groups is 1. The molecule has 1 saturated heterocycles. The van der Waals surface area contributed by atoms with Crippen LogP contribution in [0.3, 0.4) is 0 Å². The van der Waals surface area contributed by atoms with Crippen molar-refractivity contribution >= 4 is 29.1 Å². The maximum Gasteiger partial charge on any atom is 0.191 e. The summed E-state index contributed by atoms with van der Waals surface area (Å²) in [6.45, 7) is 5.62. The Morgan fingerprint density at radius 2 is 2.14 bits per heavy atom. The van der Waals surface area contributed by atoms with Crippen LogP contribution in [0.4, 0.5) is 0 Å². The first-order valence-corrected chi connectivity index (χ1v) is 9.34. The van der Waals surface area contributed by atoms with E-state index in [1.54, 1.807) is 0 Å². The predicted octanol–water partition coefficient (Wildman–Crippen LogP) is 2.63. The Labute approximate surface area is 135 Å². The quantitative estimate of drug-likeness (QED) is 0.645. The van der Waals surface area contributed by atoms with Gasteiger partial charge in [0.1, 0.15) is 0 Å². The van der Waals surface area contributed by atoms with Gasteiger partial charge in [-0.05, 0) is 38.2 Å². The highest BCUT2D eigenvalue weighted by atomic mass is 32.2. The summed E-state index contributed by atoms with van der Waals surface area (Å²) in [7, 11) is 1.82. The van der Waals surface area contributed by atoms with Gasteiger partial charge in [-0.25, -0.2) is 0 Å². The van der Waals surface area contributed by atoms with Crippen molar-refractivity contribution < 1.29 is 4.74 Å². The first kappa shape index (κ1) is 16.6. The number of ether oxygens (including phenoxy) is 1. The Morgan fingerprint density at radius 1 is 1.38 bits per heavy atom. The molecule has 21 heavy (non-hydrogen) atoms. The van der Waals surface area contributed by atoms with Gasteiger partial charge in [0.2, 0.25) is 0 Å². The van der Waals surface area contributed by atoms with E-state index in [1.807, 2.05) is 30.1 Å². The molecule has 0 spiro atoms. The van der Waals surface area contributed by atoms with Crippen LogP contribution in [0.5, 0.6) is 0 Å². The Hall–Kier alpha value is -0.720. The number of guanidine groups is 1. The van der Waals surface area contributed by atoms with Crippen molar-refractivity contribution in [2.24, 2.45) is 4.99 Å². The van der Waals surface area contributed by atoms with E-state index in [-0.39, 0.29) is 4.75 Å². The predicted molar refractivity (Wildman–Crippen MR) is 93.6 cm³/mol. The summed E-state index contributed by atoms with van der Waals surface area (Å²) in [5.74, 6) is 0.876. The zero-order valence-electron chi connectivity index (χ0n) is 13.1. The van der Waals surface area contributed by atoms with Crippen molar-refractivity contribution in [1.82, 2.24) is 10.6 Å². The molecule has 2 N–H and O–H groups in total. The van der Waals surface area contributed by atoms with Crippen molar-refractivity contribution in [1.29, 1.82) is 0 Å². The molecule has 0 radical (unpaired) electrons. The third-order valence-electron chi connectivity index (χ3n) is 3.86. The molecule has 0 bridgehead atoms. The highest BCUT2D eigenvalue weighted by molar-refractivity contribution is 8.00. The van der Waals surface area contributed by atoms with Crippen LogP contribution in [-0.2, 0) is 11.3 Å². The fourth-order valence-electron chi connectivity index (χ4n) is 2.41. The van der Waals surface area contributed by atoms with Crippen molar-refractivity contribution in [2.75, 3.05) is 33.1 Å². The minimum Gasteiger partial charge on any atom is -0.381 e. The van der Waals surface area contributed by atoms with Gasteiger partial charge >= 0.3 is 0 Å². The first-order valence-electron chi connectivity index (χ1n) is 7.30. The molecule has 0 unspecified atom stereocenters. The summed E-state index contributed by atoms with van der Waals surface area (Å²) in [4.78, 5) is 7.00. The van der Waals surface area contributed by atoms with Crippen LogP contribution < -0.4 is 10.6 Å². The lowest BCUT2D eigenvalue weighted by molar-refractivity contribution is 0.0783. The average molecular weight is 328 g/mol. The maximum atomic E-state index is 5.48. The van der Waals surface area contributed by atoms with Gasteiger partial charge in [0.25, 0.3) is 0 Å².